The van der Waals surface area contributed by atoms with E-state index in [-0.39, 0.29) is 11.3 Å². The van der Waals surface area contributed by atoms with E-state index in [4.69, 9.17) is 0 Å². The summed E-state index contributed by atoms with van der Waals surface area (Å²) >= 11 is 1.64. The zero-order valence-electron chi connectivity index (χ0n) is 16.4. The van der Waals surface area contributed by atoms with Crippen LogP contribution < -0.4 is 5.32 Å². The lowest BCUT2D eigenvalue weighted by Crippen LogP contribution is -2.47. The second-order valence-electron chi connectivity index (χ2n) is 8.19. The Labute approximate surface area is 159 Å². The van der Waals surface area contributed by atoms with Crippen molar-refractivity contribution in [2.24, 2.45) is 12.5 Å². The molecule has 1 amide bonds. The maximum Gasteiger partial charge on any atom is 0.225 e. The first-order valence-electron chi connectivity index (χ1n) is 9.20. The first-order valence-corrected chi connectivity index (χ1v) is 10.1. The standard InChI is InChI=1S/C19H29N5OS/c1-13-17(26-12-20-13)16-10-15(23(5)22-16)11-24-8-6-14(7-9-24)21-18(25)19(2,3)4/h10,12,14H,6-9,11H2,1-5H3,(H,21,25). The van der Waals surface area contributed by atoms with Gasteiger partial charge in [-0.1, -0.05) is 20.8 Å². The molecule has 26 heavy (non-hydrogen) atoms. The maximum absolute atomic E-state index is 12.2. The predicted molar refractivity (Wildman–Crippen MR) is 105 cm³/mol. The SMILES string of the molecule is Cc1ncsc1-c1cc(CN2CCC(NC(=O)C(C)(C)C)CC2)n(C)n1. The largest absolute Gasteiger partial charge is 0.353 e. The van der Waals surface area contributed by atoms with E-state index in [1.165, 1.54) is 5.69 Å². The minimum Gasteiger partial charge on any atom is -0.353 e. The Kier molecular flexibility index (Phi) is 5.48. The third-order valence-electron chi connectivity index (χ3n) is 4.94. The van der Waals surface area contributed by atoms with Crippen LogP contribution in [0.25, 0.3) is 10.6 Å². The lowest BCUT2D eigenvalue weighted by molar-refractivity contribution is -0.129. The summed E-state index contributed by atoms with van der Waals surface area (Å²) in [4.78, 5) is 20.1. The molecule has 2 aromatic rings. The van der Waals surface area contributed by atoms with E-state index in [1.54, 1.807) is 11.3 Å². The summed E-state index contributed by atoms with van der Waals surface area (Å²) in [7, 11) is 2.01. The molecule has 0 atom stereocenters. The zero-order chi connectivity index (χ0) is 18.9. The molecular formula is C19H29N5OS. The number of thiazole rings is 1. The quantitative estimate of drug-likeness (QED) is 0.892. The molecule has 0 aromatic carbocycles. The fourth-order valence-electron chi connectivity index (χ4n) is 3.18. The van der Waals surface area contributed by atoms with Crippen molar-refractivity contribution in [2.75, 3.05) is 13.1 Å². The Hall–Kier alpha value is -1.73. The van der Waals surface area contributed by atoms with E-state index >= 15 is 0 Å². The monoisotopic (exact) mass is 375 g/mol. The van der Waals surface area contributed by atoms with Crippen molar-refractivity contribution < 1.29 is 4.79 Å². The topological polar surface area (TPSA) is 63.1 Å². The normalized spacial score (nSPS) is 16.8. The lowest BCUT2D eigenvalue weighted by atomic mass is 9.94. The molecule has 3 rings (SSSR count). The van der Waals surface area contributed by atoms with Gasteiger partial charge in [0.2, 0.25) is 5.91 Å². The minimum absolute atomic E-state index is 0.146. The molecule has 0 aliphatic carbocycles. The number of hydrogen-bond acceptors (Lipinski definition) is 5. The number of rotatable bonds is 4. The Bertz CT molecular complexity index is 765. The summed E-state index contributed by atoms with van der Waals surface area (Å²) in [5.41, 5.74) is 4.81. The van der Waals surface area contributed by atoms with Crippen LogP contribution in [0.2, 0.25) is 0 Å². The highest BCUT2D eigenvalue weighted by atomic mass is 32.1. The second kappa shape index (κ2) is 7.48. The highest BCUT2D eigenvalue weighted by Gasteiger charge is 2.27. The van der Waals surface area contributed by atoms with Crippen molar-refractivity contribution in [1.29, 1.82) is 0 Å². The van der Waals surface area contributed by atoms with Gasteiger partial charge in [-0.25, -0.2) is 4.98 Å². The number of hydrogen-bond donors (Lipinski definition) is 1. The van der Waals surface area contributed by atoms with Gasteiger partial charge in [0.05, 0.1) is 21.8 Å². The van der Waals surface area contributed by atoms with Crippen LogP contribution in [0.1, 0.15) is 45.0 Å². The molecule has 1 aliphatic rings. The molecule has 1 aliphatic heterocycles. The van der Waals surface area contributed by atoms with Crippen LogP contribution in [0.5, 0.6) is 0 Å². The molecule has 0 spiro atoms. The van der Waals surface area contributed by atoms with Crippen molar-refractivity contribution in [3.8, 4) is 10.6 Å². The molecule has 0 saturated carbocycles. The van der Waals surface area contributed by atoms with Crippen molar-refractivity contribution in [3.63, 3.8) is 0 Å². The number of likely N-dealkylation sites (tertiary alicyclic amines) is 1. The third kappa shape index (κ3) is 4.32. The van der Waals surface area contributed by atoms with Gasteiger partial charge in [0, 0.05) is 38.1 Å². The van der Waals surface area contributed by atoms with E-state index in [2.05, 4.69) is 26.4 Å². The average molecular weight is 376 g/mol. The van der Waals surface area contributed by atoms with Crippen LogP contribution in [-0.4, -0.2) is 44.7 Å². The predicted octanol–water partition coefficient (Wildman–Crippen LogP) is 2.98. The summed E-state index contributed by atoms with van der Waals surface area (Å²) in [5.74, 6) is 0.146. The van der Waals surface area contributed by atoms with Crippen LogP contribution in [0.15, 0.2) is 11.6 Å². The molecule has 1 fully saturated rings. The summed E-state index contributed by atoms with van der Waals surface area (Å²) in [5, 5.41) is 7.86. The third-order valence-corrected chi connectivity index (χ3v) is 5.90. The summed E-state index contributed by atoms with van der Waals surface area (Å²) < 4.78 is 1.97. The van der Waals surface area contributed by atoms with Crippen molar-refractivity contribution >= 4 is 17.2 Å². The van der Waals surface area contributed by atoms with E-state index in [9.17, 15) is 4.79 Å². The number of nitrogens with zero attached hydrogens (tertiary/aromatic N) is 4. The Morgan fingerprint density at radius 1 is 1.35 bits per heavy atom. The minimum atomic E-state index is -0.322. The lowest BCUT2D eigenvalue weighted by Gasteiger charge is -2.33. The number of aromatic nitrogens is 3. The van der Waals surface area contributed by atoms with Crippen LogP contribution in [-0.2, 0) is 18.4 Å². The molecule has 0 unspecified atom stereocenters. The van der Waals surface area contributed by atoms with Gasteiger partial charge >= 0.3 is 0 Å². The zero-order valence-corrected chi connectivity index (χ0v) is 17.2. The Morgan fingerprint density at radius 2 is 2.04 bits per heavy atom. The number of carbonyl (C=O) groups is 1. The van der Waals surface area contributed by atoms with Crippen LogP contribution in [0.4, 0.5) is 0 Å². The Balaban J connectivity index is 1.56. The molecular weight excluding hydrogens is 346 g/mol. The van der Waals surface area contributed by atoms with Gasteiger partial charge in [0.15, 0.2) is 0 Å². The van der Waals surface area contributed by atoms with Crippen LogP contribution in [0.3, 0.4) is 0 Å². The van der Waals surface area contributed by atoms with Gasteiger partial charge in [0.25, 0.3) is 0 Å². The van der Waals surface area contributed by atoms with Gasteiger partial charge in [-0.15, -0.1) is 11.3 Å². The Morgan fingerprint density at radius 3 is 2.62 bits per heavy atom. The van der Waals surface area contributed by atoms with Gasteiger partial charge in [0.1, 0.15) is 5.69 Å². The molecule has 142 valence electrons. The fraction of sp³-hybridized carbons (Fsp3) is 0.632. The van der Waals surface area contributed by atoms with Gasteiger partial charge in [-0.05, 0) is 25.8 Å². The fourth-order valence-corrected chi connectivity index (χ4v) is 3.94. The summed E-state index contributed by atoms with van der Waals surface area (Å²) in [6.07, 6.45) is 2.00. The average Bonchev–Trinajstić information content (AvgIpc) is 3.14. The van der Waals surface area contributed by atoms with E-state index in [0.717, 1.165) is 48.7 Å². The molecule has 7 heteroatoms. The van der Waals surface area contributed by atoms with Crippen LogP contribution in [0, 0.1) is 12.3 Å². The maximum atomic E-state index is 12.2. The molecule has 0 bridgehead atoms. The smallest absolute Gasteiger partial charge is 0.225 e. The van der Waals surface area contributed by atoms with E-state index < -0.39 is 0 Å². The molecule has 6 nitrogen and oxygen atoms in total. The van der Waals surface area contributed by atoms with Gasteiger partial charge in [-0.3, -0.25) is 14.4 Å². The first-order chi connectivity index (χ1) is 12.2. The number of carbonyl (C=O) groups excluding carboxylic acids is 1. The van der Waals surface area contributed by atoms with Crippen LogP contribution >= 0.6 is 11.3 Å². The molecule has 3 heterocycles. The number of nitrogens with one attached hydrogen (secondary N) is 1. The second-order valence-corrected chi connectivity index (χ2v) is 9.04. The first kappa shape index (κ1) is 19.0. The summed E-state index contributed by atoms with van der Waals surface area (Å²) in [6, 6.07) is 2.47. The van der Waals surface area contributed by atoms with Gasteiger partial charge < -0.3 is 5.32 Å². The summed E-state index contributed by atoms with van der Waals surface area (Å²) in [6.45, 7) is 10.8. The highest BCUT2D eigenvalue weighted by molar-refractivity contribution is 7.13. The van der Waals surface area contributed by atoms with Crippen molar-refractivity contribution in [3.05, 3.63) is 23.0 Å². The molecule has 2 aromatic heterocycles. The van der Waals surface area contributed by atoms with E-state index in [0.29, 0.717) is 6.04 Å². The van der Waals surface area contributed by atoms with Crippen molar-refractivity contribution in [2.45, 2.75) is 53.1 Å². The number of aryl methyl sites for hydroxylation is 2. The van der Waals surface area contributed by atoms with E-state index in [1.807, 2.05) is 44.9 Å². The number of piperidine rings is 1. The highest BCUT2D eigenvalue weighted by Crippen LogP contribution is 2.27. The van der Waals surface area contributed by atoms with Crippen molar-refractivity contribution in [1.82, 2.24) is 25.0 Å². The number of amides is 1. The molecule has 1 saturated heterocycles. The molecule has 0 radical (unpaired) electrons. The van der Waals surface area contributed by atoms with Gasteiger partial charge in [-0.2, -0.15) is 5.10 Å². The molecule has 1 N–H and O–H groups in total.